The van der Waals surface area contributed by atoms with Gasteiger partial charge in [0, 0.05) is 23.9 Å². The van der Waals surface area contributed by atoms with Crippen molar-refractivity contribution in [1.29, 1.82) is 5.26 Å². The summed E-state index contributed by atoms with van der Waals surface area (Å²) in [6.07, 6.45) is 5.44. The molecule has 1 aromatic carbocycles. The molecular formula is C14H11BrN6. The van der Waals surface area contributed by atoms with Crippen LogP contribution < -0.4 is 10.6 Å². The van der Waals surface area contributed by atoms with Gasteiger partial charge in [-0.05, 0) is 34.1 Å². The number of nitriles is 1. The van der Waals surface area contributed by atoms with Crippen LogP contribution in [0, 0.1) is 11.3 Å². The molecule has 0 aliphatic carbocycles. The molecule has 104 valence electrons. The molecule has 3 aromatic rings. The molecule has 0 amide bonds. The van der Waals surface area contributed by atoms with E-state index in [-0.39, 0.29) is 0 Å². The molecule has 0 spiro atoms. The number of aromatic nitrogens is 3. The molecule has 2 heterocycles. The van der Waals surface area contributed by atoms with Crippen molar-refractivity contribution in [2.75, 3.05) is 17.7 Å². The van der Waals surface area contributed by atoms with Gasteiger partial charge in [-0.3, -0.25) is 0 Å². The van der Waals surface area contributed by atoms with E-state index in [2.05, 4.69) is 42.6 Å². The van der Waals surface area contributed by atoms with Gasteiger partial charge in [0.25, 0.3) is 0 Å². The van der Waals surface area contributed by atoms with Gasteiger partial charge in [-0.1, -0.05) is 0 Å². The van der Waals surface area contributed by atoms with E-state index in [9.17, 15) is 0 Å². The molecule has 0 radical (unpaired) electrons. The third-order valence-electron chi connectivity index (χ3n) is 2.98. The summed E-state index contributed by atoms with van der Waals surface area (Å²) in [6, 6.07) is 7.44. The number of nitrogens with one attached hydrogen (secondary N) is 2. The van der Waals surface area contributed by atoms with Crippen LogP contribution in [0.3, 0.4) is 0 Å². The number of rotatable bonds is 3. The van der Waals surface area contributed by atoms with Gasteiger partial charge >= 0.3 is 0 Å². The molecule has 21 heavy (non-hydrogen) atoms. The largest absolute Gasteiger partial charge is 0.372 e. The Hall–Kier alpha value is -2.59. The first-order valence-electron chi connectivity index (χ1n) is 6.19. The quantitative estimate of drug-likeness (QED) is 0.764. The maximum absolute atomic E-state index is 8.90. The summed E-state index contributed by atoms with van der Waals surface area (Å²) in [4.78, 5) is 8.78. The van der Waals surface area contributed by atoms with Crippen LogP contribution in [0.1, 0.15) is 5.56 Å². The fourth-order valence-corrected chi connectivity index (χ4v) is 2.43. The maximum atomic E-state index is 8.90. The number of anilines is 3. The van der Waals surface area contributed by atoms with E-state index in [4.69, 9.17) is 5.26 Å². The molecule has 6 nitrogen and oxygen atoms in total. The standard InChI is InChI=1S/C14H11BrN6/c1-17-12-8-21-5-4-18-14(21)13(20-12)19-11-3-2-9(7-16)6-10(11)15/h2-6,8,17H,1H3,(H,19,20). The van der Waals surface area contributed by atoms with Crippen LogP contribution in [0.25, 0.3) is 5.65 Å². The molecule has 0 saturated carbocycles. The van der Waals surface area contributed by atoms with Crippen molar-refractivity contribution in [3.8, 4) is 6.07 Å². The molecular weight excluding hydrogens is 332 g/mol. The Morgan fingerprint density at radius 2 is 2.24 bits per heavy atom. The van der Waals surface area contributed by atoms with Crippen LogP contribution in [0.4, 0.5) is 17.3 Å². The maximum Gasteiger partial charge on any atom is 0.180 e. The number of fused-ring (bicyclic) bond motifs is 1. The smallest absolute Gasteiger partial charge is 0.180 e. The lowest BCUT2D eigenvalue weighted by atomic mass is 10.2. The zero-order chi connectivity index (χ0) is 14.8. The highest BCUT2D eigenvalue weighted by molar-refractivity contribution is 9.10. The van der Waals surface area contributed by atoms with Gasteiger partial charge in [-0.2, -0.15) is 5.26 Å². The minimum absolute atomic E-state index is 0.593. The molecule has 0 atom stereocenters. The van der Waals surface area contributed by atoms with Crippen molar-refractivity contribution < 1.29 is 0 Å². The zero-order valence-corrected chi connectivity index (χ0v) is 12.7. The molecule has 0 unspecified atom stereocenters. The van der Waals surface area contributed by atoms with Crippen molar-refractivity contribution >= 4 is 38.9 Å². The summed E-state index contributed by atoms with van der Waals surface area (Å²) in [5.74, 6) is 1.37. The molecule has 0 saturated heterocycles. The summed E-state index contributed by atoms with van der Waals surface area (Å²) in [6.45, 7) is 0. The number of halogens is 1. The van der Waals surface area contributed by atoms with E-state index in [0.717, 1.165) is 21.6 Å². The molecule has 0 aliphatic heterocycles. The summed E-state index contributed by atoms with van der Waals surface area (Å²) in [7, 11) is 1.81. The second-order valence-corrected chi connectivity index (χ2v) is 5.17. The molecule has 2 N–H and O–H groups in total. The number of hydrogen-bond donors (Lipinski definition) is 2. The minimum Gasteiger partial charge on any atom is -0.372 e. The Morgan fingerprint density at radius 1 is 1.38 bits per heavy atom. The first kappa shape index (κ1) is 13.4. The first-order chi connectivity index (χ1) is 10.2. The summed E-state index contributed by atoms with van der Waals surface area (Å²) in [5, 5.41) is 15.1. The van der Waals surface area contributed by atoms with E-state index in [1.54, 1.807) is 18.3 Å². The Kier molecular flexibility index (Phi) is 3.46. The molecule has 3 rings (SSSR count). The number of hydrogen-bond acceptors (Lipinski definition) is 5. The van der Waals surface area contributed by atoms with E-state index >= 15 is 0 Å². The van der Waals surface area contributed by atoms with Crippen LogP contribution in [0.2, 0.25) is 0 Å². The van der Waals surface area contributed by atoms with Crippen LogP contribution in [-0.2, 0) is 0 Å². The van der Waals surface area contributed by atoms with Gasteiger partial charge in [-0.15, -0.1) is 0 Å². The fourth-order valence-electron chi connectivity index (χ4n) is 1.95. The second-order valence-electron chi connectivity index (χ2n) is 4.31. The topological polar surface area (TPSA) is 78.0 Å². The van der Waals surface area contributed by atoms with E-state index in [1.165, 1.54) is 0 Å². The van der Waals surface area contributed by atoms with Crippen molar-refractivity contribution in [3.63, 3.8) is 0 Å². The Labute approximate surface area is 129 Å². The first-order valence-corrected chi connectivity index (χ1v) is 6.98. The van der Waals surface area contributed by atoms with E-state index in [1.807, 2.05) is 29.9 Å². The van der Waals surface area contributed by atoms with Gasteiger partial charge in [0.2, 0.25) is 0 Å². The molecule has 0 fully saturated rings. The molecule has 0 bridgehead atoms. The van der Waals surface area contributed by atoms with Gasteiger partial charge in [0.05, 0.1) is 23.5 Å². The monoisotopic (exact) mass is 342 g/mol. The number of nitrogens with zero attached hydrogens (tertiary/aromatic N) is 4. The molecule has 7 heteroatoms. The van der Waals surface area contributed by atoms with Gasteiger partial charge in [0.15, 0.2) is 11.5 Å². The van der Waals surface area contributed by atoms with Crippen molar-refractivity contribution in [3.05, 3.63) is 46.8 Å². The van der Waals surface area contributed by atoms with Crippen molar-refractivity contribution in [1.82, 2.24) is 14.4 Å². The average Bonchev–Trinajstić information content (AvgIpc) is 2.97. The van der Waals surface area contributed by atoms with Crippen molar-refractivity contribution in [2.24, 2.45) is 0 Å². The molecule has 2 aromatic heterocycles. The van der Waals surface area contributed by atoms with Crippen LogP contribution in [-0.4, -0.2) is 21.4 Å². The van der Waals surface area contributed by atoms with Crippen LogP contribution in [0.15, 0.2) is 41.3 Å². The zero-order valence-electron chi connectivity index (χ0n) is 11.1. The highest BCUT2D eigenvalue weighted by Crippen LogP contribution is 2.28. The average molecular weight is 343 g/mol. The lowest BCUT2D eigenvalue weighted by molar-refractivity contribution is 1.12. The van der Waals surface area contributed by atoms with E-state index < -0.39 is 0 Å². The van der Waals surface area contributed by atoms with Gasteiger partial charge < -0.3 is 15.0 Å². The minimum atomic E-state index is 0.593. The Balaban J connectivity index is 2.05. The predicted molar refractivity (Wildman–Crippen MR) is 84.7 cm³/mol. The normalized spacial score (nSPS) is 10.3. The third-order valence-corrected chi connectivity index (χ3v) is 3.64. The van der Waals surface area contributed by atoms with Crippen LogP contribution in [0.5, 0.6) is 0 Å². The molecule has 0 aliphatic rings. The number of imidazole rings is 1. The van der Waals surface area contributed by atoms with Gasteiger partial charge in [0.1, 0.15) is 5.82 Å². The summed E-state index contributed by atoms with van der Waals surface area (Å²) < 4.78 is 2.68. The Morgan fingerprint density at radius 3 is 2.95 bits per heavy atom. The fraction of sp³-hybridized carbons (Fsp3) is 0.0714. The predicted octanol–water partition coefficient (Wildman–Crippen LogP) is 3.15. The third kappa shape index (κ3) is 2.53. The lowest BCUT2D eigenvalue weighted by Gasteiger charge is -2.11. The highest BCUT2D eigenvalue weighted by atomic mass is 79.9. The van der Waals surface area contributed by atoms with Gasteiger partial charge in [-0.25, -0.2) is 9.97 Å². The van der Waals surface area contributed by atoms with E-state index in [0.29, 0.717) is 11.4 Å². The number of benzene rings is 1. The Bertz CT molecular complexity index is 848. The van der Waals surface area contributed by atoms with Crippen LogP contribution >= 0.6 is 15.9 Å². The lowest BCUT2D eigenvalue weighted by Crippen LogP contribution is -2.02. The SMILES string of the molecule is CNc1cn2ccnc2c(Nc2ccc(C#N)cc2Br)n1. The second kappa shape index (κ2) is 5.42. The summed E-state index contributed by atoms with van der Waals surface area (Å²) >= 11 is 3.45. The highest BCUT2D eigenvalue weighted by Gasteiger charge is 2.09. The van der Waals surface area contributed by atoms with Crippen molar-refractivity contribution in [2.45, 2.75) is 0 Å². The summed E-state index contributed by atoms with van der Waals surface area (Å²) in [5.41, 5.74) is 2.14.